The molecule has 0 aromatic carbocycles. The summed E-state index contributed by atoms with van der Waals surface area (Å²) in [5, 5.41) is 4.03. The zero-order valence-corrected chi connectivity index (χ0v) is 13.4. The summed E-state index contributed by atoms with van der Waals surface area (Å²) in [4.78, 5) is 21.3. The van der Waals surface area contributed by atoms with E-state index in [1.807, 2.05) is 0 Å². The second-order valence-electron chi connectivity index (χ2n) is 6.12. The van der Waals surface area contributed by atoms with Crippen molar-refractivity contribution in [1.82, 2.24) is 24.6 Å². The van der Waals surface area contributed by atoms with Gasteiger partial charge in [-0.3, -0.25) is 14.5 Å². The number of halogens is 2. The monoisotopic (exact) mass is 335 g/mol. The number of alkyl halides is 2. The first-order valence-corrected chi connectivity index (χ1v) is 7.90. The summed E-state index contributed by atoms with van der Waals surface area (Å²) in [6, 6.07) is 3.11. The second kappa shape index (κ2) is 6.62. The van der Waals surface area contributed by atoms with E-state index in [-0.39, 0.29) is 5.92 Å². The Morgan fingerprint density at radius 3 is 3.00 bits per heavy atom. The fourth-order valence-corrected chi connectivity index (χ4v) is 3.10. The van der Waals surface area contributed by atoms with Crippen LogP contribution in [0.3, 0.4) is 0 Å². The van der Waals surface area contributed by atoms with Gasteiger partial charge in [0.2, 0.25) is 0 Å². The molecule has 1 fully saturated rings. The van der Waals surface area contributed by atoms with Crippen LogP contribution in [0.5, 0.6) is 0 Å². The molecule has 0 saturated carbocycles. The third-order valence-corrected chi connectivity index (χ3v) is 4.29. The number of aryl methyl sites for hydroxylation is 1. The first kappa shape index (κ1) is 16.5. The molecule has 1 atom stereocenters. The number of pyridine rings is 1. The van der Waals surface area contributed by atoms with Crippen molar-refractivity contribution in [3.8, 4) is 0 Å². The molecular formula is C16H19F2N5O. The predicted octanol–water partition coefficient (Wildman–Crippen LogP) is 2.01. The Bertz CT molecular complexity index is 704. The lowest BCUT2D eigenvalue weighted by atomic mass is 9.97. The summed E-state index contributed by atoms with van der Waals surface area (Å²) in [5.41, 5.74) is -0.152. The van der Waals surface area contributed by atoms with Gasteiger partial charge in [0.05, 0.1) is 0 Å². The zero-order chi connectivity index (χ0) is 17.2. The highest BCUT2D eigenvalue weighted by molar-refractivity contribution is 5.84. The minimum Gasteiger partial charge on any atom is -0.337 e. The number of aromatic nitrogens is 4. The summed E-state index contributed by atoms with van der Waals surface area (Å²) in [5.74, 6) is -4.70. The molecule has 1 aliphatic rings. The lowest BCUT2D eigenvalue weighted by Crippen LogP contribution is -2.48. The van der Waals surface area contributed by atoms with Crippen LogP contribution in [0.4, 0.5) is 8.78 Å². The van der Waals surface area contributed by atoms with Crippen LogP contribution in [-0.4, -0.2) is 43.6 Å². The van der Waals surface area contributed by atoms with Gasteiger partial charge in [-0.15, -0.1) is 0 Å². The van der Waals surface area contributed by atoms with E-state index < -0.39 is 17.5 Å². The molecule has 1 aliphatic heterocycles. The number of rotatable bonds is 4. The van der Waals surface area contributed by atoms with Gasteiger partial charge in [0.15, 0.2) is 0 Å². The Balaban J connectivity index is 1.73. The van der Waals surface area contributed by atoms with Gasteiger partial charge >= 0.3 is 5.92 Å². The topological polar surface area (TPSA) is 63.9 Å². The Morgan fingerprint density at radius 1 is 1.46 bits per heavy atom. The van der Waals surface area contributed by atoms with Crippen LogP contribution in [0.2, 0.25) is 0 Å². The van der Waals surface area contributed by atoms with Gasteiger partial charge in [-0.1, -0.05) is 6.07 Å². The van der Waals surface area contributed by atoms with E-state index in [0.717, 1.165) is 6.42 Å². The number of carbonyl (C=O) groups is 1. The minimum absolute atomic E-state index is 0.0880. The van der Waals surface area contributed by atoms with E-state index in [0.29, 0.717) is 31.6 Å². The van der Waals surface area contributed by atoms with Crippen LogP contribution < -0.4 is 0 Å². The third kappa shape index (κ3) is 3.27. The lowest BCUT2D eigenvalue weighted by Gasteiger charge is -2.34. The quantitative estimate of drug-likeness (QED) is 0.857. The van der Waals surface area contributed by atoms with Gasteiger partial charge < -0.3 is 4.90 Å². The van der Waals surface area contributed by atoms with Crippen molar-refractivity contribution in [1.29, 1.82) is 0 Å². The normalized spacial score (nSPS) is 18.6. The molecule has 2 aromatic rings. The van der Waals surface area contributed by atoms with Gasteiger partial charge in [0, 0.05) is 25.8 Å². The second-order valence-corrected chi connectivity index (χ2v) is 6.12. The van der Waals surface area contributed by atoms with Crippen LogP contribution in [0.1, 0.15) is 24.1 Å². The fraction of sp³-hybridized carbons (Fsp3) is 0.500. The summed E-state index contributed by atoms with van der Waals surface area (Å²) < 4.78 is 30.9. The maximum absolute atomic E-state index is 14.6. The average molecular weight is 335 g/mol. The fourth-order valence-electron chi connectivity index (χ4n) is 3.10. The summed E-state index contributed by atoms with van der Waals surface area (Å²) in [7, 11) is 0. The average Bonchev–Trinajstić information content (AvgIpc) is 3.07. The SMILES string of the molecule is Cc1cccnc1C(F)(F)C(=O)N1CCC[C@@H](Cn2cncn2)C1. The Labute approximate surface area is 138 Å². The molecule has 6 nitrogen and oxygen atoms in total. The largest absolute Gasteiger partial charge is 0.366 e. The Kier molecular flexibility index (Phi) is 4.55. The molecule has 0 aliphatic carbocycles. The van der Waals surface area contributed by atoms with Gasteiger partial charge in [-0.2, -0.15) is 13.9 Å². The van der Waals surface area contributed by atoms with Crippen molar-refractivity contribution in [2.24, 2.45) is 5.92 Å². The van der Waals surface area contributed by atoms with Gasteiger partial charge in [-0.25, -0.2) is 4.98 Å². The van der Waals surface area contributed by atoms with E-state index >= 15 is 0 Å². The van der Waals surface area contributed by atoms with Crippen molar-refractivity contribution >= 4 is 5.91 Å². The lowest BCUT2D eigenvalue weighted by molar-refractivity contribution is -0.161. The Hall–Kier alpha value is -2.38. The van der Waals surface area contributed by atoms with Crippen molar-refractivity contribution in [2.75, 3.05) is 13.1 Å². The maximum atomic E-state index is 14.6. The highest BCUT2D eigenvalue weighted by atomic mass is 19.3. The maximum Gasteiger partial charge on any atom is 0.366 e. The molecule has 0 unspecified atom stereocenters. The van der Waals surface area contributed by atoms with Crippen molar-refractivity contribution in [2.45, 2.75) is 32.2 Å². The summed E-state index contributed by atoms with van der Waals surface area (Å²) in [6.07, 6.45) is 5.88. The number of likely N-dealkylation sites (tertiary alicyclic amines) is 1. The number of amides is 1. The summed E-state index contributed by atoms with van der Waals surface area (Å²) in [6.45, 7) is 2.74. The molecule has 128 valence electrons. The molecular weight excluding hydrogens is 316 g/mol. The van der Waals surface area contributed by atoms with E-state index in [1.54, 1.807) is 17.1 Å². The smallest absolute Gasteiger partial charge is 0.337 e. The molecule has 24 heavy (non-hydrogen) atoms. The molecule has 0 N–H and O–H groups in total. The summed E-state index contributed by atoms with van der Waals surface area (Å²) >= 11 is 0. The molecule has 0 spiro atoms. The standard InChI is InChI=1S/C16H19F2N5O/c1-12-4-2-6-20-14(12)16(17,18)15(24)22-7-3-5-13(8-22)9-23-11-19-10-21-23/h2,4,6,10-11,13H,3,5,7-9H2,1H3/t13-/m1/s1. The van der Waals surface area contributed by atoms with E-state index in [4.69, 9.17) is 0 Å². The molecule has 0 bridgehead atoms. The first-order valence-electron chi connectivity index (χ1n) is 7.90. The third-order valence-electron chi connectivity index (χ3n) is 4.29. The van der Waals surface area contributed by atoms with Crippen LogP contribution in [0, 0.1) is 12.8 Å². The Morgan fingerprint density at radius 2 is 2.29 bits per heavy atom. The molecule has 8 heteroatoms. The number of hydrogen-bond acceptors (Lipinski definition) is 4. The highest BCUT2D eigenvalue weighted by Crippen LogP contribution is 2.32. The molecule has 3 rings (SSSR count). The zero-order valence-electron chi connectivity index (χ0n) is 13.4. The van der Waals surface area contributed by atoms with Gasteiger partial charge in [-0.05, 0) is 37.3 Å². The number of carbonyl (C=O) groups excluding carboxylic acids is 1. The predicted molar refractivity (Wildman–Crippen MR) is 82.2 cm³/mol. The molecule has 1 amide bonds. The van der Waals surface area contributed by atoms with Crippen molar-refractivity contribution in [3.63, 3.8) is 0 Å². The van der Waals surface area contributed by atoms with Crippen molar-refractivity contribution < 1.29 is 13.6 Å². The van der Waals surface area contributed by atoms with Crippen molar-refractivity contribution in [3.05, 3.63) is 42.2 Å². The van der Waals surface area contributed by atoms with E-state index in [1.165, 1.54) is 30.4 Å². The first-order chi connectivity index (χ1) is 11.5. The van der Waals surface area contributed by atoms with Gasteiger partial charge in [0.25, 0.3) is 5.91 Å². The molecule has 2 aromatic heterocycles. The van der Waals surface area contributed by atoms with Crippen LogP contribution >= 0.6 is 0 Å². The number of piperidine rings is 1. The minimum atomic E-state index is -3.61. The number of hydrogen-bond donors (Lipinski definition) is 0. The van der Waals surface area contributed by atoms with Crippen LogP contribution in [-0.2, 0) is 17.3 Å². The van der Waals surface area contributed by atoms with Crippen LogP contribution in [0.15, 0.2) is 31.0 Å². The molecule has 3 heterocycles. The van der Waals surface area contributed by atoms with Crippen LogP contribution in [0.25, 0.3) is 0 Å². The number of nitrogens with zero attached hydrogens (tertiary/aromatic N) is 5. The molecule has 1 saturated heterocycles. The van der Waals surface area contributed by atoms with E-state index in [2.05, 4.69) is 15.1 Å². The highest BCUT2D eigenvalue weighted by Gasteiger charge is 2.47. The van der Waals surface area contributed by atoms with E-state index in [9.17, 15) is 13.6 Å². The van der Waals surface area contributed by atoms with Gasteiger partial charge in [0.1, 0.15) is 18.3 Å². The molecule has 0 radical (unpaired) electrons.